The minimum atomic E-state index is 0.175. The number of benzene rings is 2. The van der Waals surface area contributed by atoms with E-state index in [-0.39, 0.29) is 12.0 Å². The summed E-state index contributed by atoms with van der Waals surface area (Å²) in [5, 5.41) is 0. The Morgan fingerprint density at radius 1 is 0.923 bits per heavy atom. The van der Waals surface area contributed by atoms with Crippen LogP contribution in [0.15, 0.2) is 42.5 Å². The molecule has 1 saturated heterocycles. The normalized spacial score (nSPS) is 24.4. The van der Waals surface area contributed by atoms with E-state index in [9.17, 15) is 4.79 Å². The predicted octanol–water partition coefficient (Wildman–Crippen LogP) is 7.51. The van der Waals surface area contributed by atoms with Crippen LogP contribution in [-0.2, 0) is 9.53 Å². The van der Waals surface area contributed by atoms with E-state index >= 15 is 0 Å². The van der Waals surface area contributed by atoms with Gasteiger partial charge in [0.2, 0.25) is 5.91 Å². The molecule has 212 valence electrons. The summed E-state index contributed by atoms with van der Waals surface area (Å²) in [6, 6.07) is 15.4. The van der Waals surface area contributed by atoms with Gasteiger partial charge in [0.15, 0.2) is 0 Å². The maximum Gasteiger partial charge on any atom is 0.230 e. The number of carbonyl (C=O) groups excluding carboxylic acids is 1. The highest BCUT2D eigenvalue weighted by molar-refractivity contribution is 5.95. The Morgan fingerprint density at radius 3 is 2.44 bits per heavy atom. The van der Waals surface area contributed by atoms with Gasteiger partial charge in [0.05, 0.1) is 13.2 Å². The molecule has 0 spiro atoms. The summed E-state index contributed by atoms with van der Waals surface area (Å²) in [6.45, 7) is 4.95. The lowest BCUT2D eigenvalue weighted by atomic mass is 9.78. The first kappa shape index (κ1) is 28.0. The number of hydrogen-bond donors (Lipinski definition) is 0. The van der Waals surface area contributed by atoms with E-state index < -0.39 is 0 Å². The second-order valence-electron chi connectivity index (χ2n) is 12.2. The largest absolute Gasteiger partial charge is 0.496 e. The van der Waals surface area contributed by atoms with Crippen LogP contribution in [0.2, 0.25) is 0 Å². The van der Waals surface area contributed by atoms with Crippen molar-refractivity contribution in [2.24, 2.45) is 11.8 Å². The summed E-state index contributed by atoms with van der Waals surface area (Å²) in [5.74, 6) is 2.64. The van der Waals surface area contributed by atoms with Crippen molar-refractivity contribution in [1.29, 1.82) is 0 Å². The first-order valence-corrected chi connectivity index (χ1v) is 15.4. The summed E-state index contributed by atoms with van der Waals surface area (Å²) in [5.41, 5.74) is 4.95. The second-order valence-corrected chi connectivity index (χ2v) is 12.2. The Bertz CT molecular complexity index is 1090. The van der Waals surface area contributed by atoms with Gasteiger partial charge in [-0.3, -0.25) is 4.79 Å². The van der Waals surface area contributed by atoms with Crippen molar-refractivity contribution in [3.8, 4) is 5.75 Å². The molecule has 2 aliphatic carbocycles. The topological polar surface area (TPSA) is 42.0 Å². The zero-order valence-corrected chi connectivity index (χ0v) is 24.4. The molecule has 3 fully saturated rings. The number of nitrogens with zero attached hydrogens (tertiary/aromatic N) is 2. The highest BCUT2D eigenvalue weighted by Crippen LogP contribution is 2.39. The Kier molecular flexibility index (Phi) is 9.49. The zero-order chi connectivity index (χ0) is 27.2. The Balaban J connectivity index is 1.30. The number of anilines is 2. The highest BCUT2D eigenvalue weighted by Gasteiger charge is 2.31. The minimum Gasteiger partial charge on any atom is -0.496 e. The molecule has 0 N–H and O–H groups in total. The van der Waals surface area contributed by atoms with Crippen LogP contribution in [-0.4, -0.2) is 45.9 Å². The molecule has 39 heavy (non-hydrogen) atoms. The number of ether oxygens (including phenoxy) is 2. The van der Waals surface area contributed by atoms with Crippen LogP contribution in [0.3, 0.4) is 0 Å². The van der Waals surface area contributed by atoms with Gasteiger partial charge in [-0.25, -0.2) is 0 Å². The van der Waals surface area contributed by atoms with Gasteiger partial charge in [0.1, 0.15) is 5.75 Å². The van der Waals surface area contributed by atoms with Crippen LogP contribution in [0.25, 0.3) is 0 Å². The van der Waals surface area contributed by atoms with Crippen LogP contribution >= 0.6 is 0 Å². The molecule has 1 atom stereocenters. The Labute approximate surface area is 235 Å². The summed E-state index contributed by atoms with van der Waals surface area (Å²) < 4.78 is 11.2. The average molecular weight is 533 g/mol. The standard InChI is InChI=1S/C34H48N2O3/c1-25-21-29(18-19-33(25)39-3)27-16-14-26(15-17-27)23-36(34(37)28-9-5-4-6-10-28)31-12-7-11-30(22-31)35-20-8-13-32(24-35)38-2/h7,11-12,18-19,21-22,26-28,32H,4-6,8-10,13-17,20,23-24H2,1-3H3. The van der Waals surface area contributed by atoms with Crippen molar-refractivity contribution in [3.05, 3.63) is 53.6 Å². The molecular formula is C34H48N2O3. The van der Waals surface area contributed by atoms with E-state index in [2.05, 4.69) is 59.2 Å². The van der Waals surface area contributed by atoms with Crippen molar-refractivity contribution >= 4 is 17.3 Å². The molecule has 0 aromatic heterocycles. The number of hydrogen-bond acceptors (Lipinski definition) is 4. The van der Waals surface area contributed by atoms with Gasteiger partial charge >= 0.3 is 0 Å². The number of rotatable bonds is 8. The molecule has 2 aromatic rings. The number of amides is 1. The Hall–Kier alpha value is -2.53. The second kappa shape index (κ2) is 13.2. The highest BCUT2D eigenvalue weighted by atomic mass is 16.5. The maximum absolute atomic E-state index is 14.0. The van der Waals surface area contributed by atoms with Gasteiger partial charge in [-0.05, 0) is 106 Å². The molecule has 3 aliphatic rings. The monoisotopic (exact) mass is 532 g/mol. The summed E-state index contributed by atoms with van der Waals surface area (Å²) in [6.07, 6.45) is 13.0. The lowest BCUT2D eigenvalue weighted by molar-refractivity contribution is -0.123. The predicted molar refractivity (Wildman–Crippen MR) is 160 cm³/mol. The number of aryl methyl sites for hydroxylation is 1. The molecule has 0 bridgehead atoms. The molecule has 2 saturated carbocycles. The minimum absolute atomic E-state index is 0.175. The fraction of sp³-hybridized carbons (Fsp3) is 0.618. The van der Waals surface area contributed by atoms with Gasteiger partial charge in [-0.15, -0.1) is 0 Å². The first-order chi connectivity index (χ1) is 19.1. The average Bonchev–Trinajstić information content (AvgIpc) is 3.00. The fourth-order valence-electron chi connectivity index (χ4n) is 7.21. The first-order valence-electron chi connectivity index (χ1n) is 15.4. The van der Waals surface area contributed by atoms with E-state index in [1.54, 1.807) is 7.11 Å². The van der Waals surface area contributed by atoms with Gasteiger partial charge in [0.25, 0.3) is 0 Å². The van der Waals surface area contributed by atoms with E-state index in [1.165, 1.54) is 61.8 Å². The molecule has 2 aromatic carbocycles. The van der Waals surface area contributed by atoms with Crippen molar-refractivity contribution in [2.75, 3.05) is 43.7 Å². The third-order valence-electron chi connectivity index (χ3n) is 9.62. The van der Waals surface area contributed by atoms with Crippen molar-refractivity contribution < 1.29 is 14.3 Å². The molecule has 5 nitrogen and oxygen atoms in total. The molecule has 1 heterocycles. The molecular weight excluding hydrogens is 484 g/mol. The van der Waals surface area contributed by atoms with Crippen molar-refractivity contribution in [1.82, 2.24) is 0 Å². The Morgan fingerprint density at radius 2 is 1.72 bits per heavy atom. The number of carbonyl (C=O) groups is 1. The summed E-state index contributed by atoms with van der Waals surface area (Å²) in [4.78, 5) is 18.6. The zero-order valence-electron chi connectivity index (χ0n) is 24.4. The third-order valence-corrected chi connectivity index (χ3v) is 9.62. The van der Waals surface area contributed by atoms with Gasteiger partial charge in [0, 0.05) is 44.0 Å². The van der Waals surface area contributed by atoms with E-state index in [0.717, 1.165) is 56.8 Å². The number of methoxy groups -OCH3 is 2. The van der Waals surface area contributed by atoms with Gasteiger partial charge in [-0.2, -0.15) is 0 Å². The van der Waals surface area contributed by atoms with Gasteiger partial charge < -0.3 is 19.3 Å². The SMILES string of the molecule is COc1ccc(C2CCC(CN(C(=O)C3CCCCC3)c3cccc(N4CCCC(OC)C4)c3)CC2)cc1C. The lowest BCUT2D eigenvalue weighted by Gasteiger charge is -2.37. The van der Waals surface area contributed by atoms with Crippen LogP contribution in [0.4, 0.5) is 11.4 Å². The maximum atomic E-state index is 14.0. The summed E-state index contributed by atoms with van der Waals surface area (Å²) in [7, 11) is 3.56. The van der Waals surface area contributed by atoms with E-state index in [1.807, 2.05) is 7.11 Å². The molecule has 1 aliphatic heterocycles. The van der Waals surface area contributed by atoms with Crippen molar-refractivity contribution in [3.63, 3.8) is 0 Å². The van der Waals surface area contributed by atoms with Gasteiger partial charge in [-0.1, -0.05) is 37.5 Å². The fourth-order valence-corrected chi connectivity index (χ4v) is 7.21. The van der Waals surface area contributed by atoms with E-state index in [0.29, 0.717) is 17.7 Å². The van der Waals surface area contributed by atoms with Crippen LogP contribution in [0, 0.1) is 18.8 Å². The molecule has 5 heteroatoms. The van der Waals surface area contributed by atoms with Crippen LogP contribution in [0.1, 0.15) is 87.7 Å². The van der Waals surface area contributed by atoms with Crippen LogP contribution < -0.4 is 14.5 Å². The van der Waals surface area contributed by atoms with E-state index in [4.69, 9.17) is 9.47 Å². The third kappa shape index (κ3) is 6.80. The molecule has 5 rings (SSSR count). The van der Waals surface area contributed by atoms with Crippen LogP contribution in [0.5, 0.6) is 5.75 Å². The lowest BCUT2D eigenvalue weighted by Crippen LogP contribution is -2.41. The summed E-state index contributed by atoms with van der Waals surface area (Å²) >= 11 is 0. The molecule has 1 unspecified atom stereocenters. The molecule has 0 radical (unpaired) electrons. The number of piperidine rings is 1. The molecule has 1 amide bonds. The van der Waals surface area contributed by atoms with Crippen molar-refractivity contribution in [2.45, 2.75) is 89.6 Å². The smallest absolute Gasteiger partial charge is 0.230 e. The quantitative estimate of drug-likeness (QED) is 0.353.